The second-order valence-corrected chi connectivity index (χ2v) is 7.36. The van der Waals surface area contributed by atoms with Gasteiger partial charge in [0.05, 0.1) is 18.8 Å². The number of ether oxygens (including phenoxy) is 1. The summed E-state index contributed by atoms with van der Waals surface area (Å²) in [5.74, 6) is 0.770. The quantitative estimate of drug-likeness (QED) is 0.801. The van der Waals surface area contributed by atoms with Crippen molar-refractivity contribution in [1.82, 2.24) is 14.9 Å². The van der Waals surface area contributed by atoms with E-state index in [1.807, 2.05) is 20.8 Å². The molecule has 0 spiro atoms. The lowest BCUT2D eigenvalue weighted by Crippen LogP contribution is -2.38. The van der Waals surface area contributed by atoms with Crippen molar-refractivity contribution in [2.24, 2.45) is 5.92 Å². The first-order valence-electron chi connectivity index (χ1n) is 9.35. The zero-order chi connectivity index (χ0) is 18.7. The van der Waals surface area contributed by atoms with E-state index in [1.165, 1.54) is 18.1 Å². The topological polar surface area (TPSA) is 38.2 Å². The van der Waals surface area contributed by atoms with Gasteiger partial charge >= 0.3 is 0 Å². The molecule has 2 atom stereocenters. The Morgan fingerprint density at radius 1 is 1.23 bits per heavy atom. The maximum absolute atomic E-state index is 14.3. The number of aromatic nitrogens is 2. The van der Waals surface area contributed by atoms with E-state index in [1.54, 1.807) is 13.2 Å². The van der Waals surface area contributed by atoms with Crippen LogP contribution in [0.5, 0.6) is 5.88 Å². The Hall–Kier alpha value is -2.01. The van der Waals surface area contributed by atoms with Gasteiger partial charge in [0.15, 0.2) is 0 Å². The van der Waals surface area contributed by atoms with E-state index >= 15 is 0 Å². The molecule has 1 aliphatic rings. The monoisotopic (exact) mass is 357 g/mol. The maximum Gasteiger partial charge on any atom is 0.213 e. The normalized spacial score (nSPS) is 19.3. The summed E-state index contributed by atoms with van der Waals surface area (Å²) in [6.07, 6.45) is 3.38. The summed E-state index contributed by atoms with van der Waals surface area (Å²) in [4.78, 5) is 11.2. The lowest BCUT2D eigenvalue weighted by Gasteiger charge is -2.36. The van der Waals surface area contributed by atoms with Crippen LogP contribution in [0.15, 0.2) is 24.3 Å². The SMILES string of the molecule is COc1ccc(F)c([C@@H](C)N2CCC[C@H](Cc3cc(C)nc(C)c3)C2)n1. The average molecular weight is 357 g/mol. The van der Waals surface area contributed by atoms with Crippen LogP contribution in [0.4, 0.5) is 4.39 Å². The Labute approximate surface area is 155 Å². The summed E-state index contributed by atoms with van der Waals surface area (Å²) in [5.41, 5.74) is 3.97. The van der Waals surface area contributed by atoms with Crippen LogP contribution in [0, 0.1) is 25.6 Å². The molecule has 1 aliphatic heterocycles. The highest BCUT2D eigenvalue weighted by Gasteiger charge is 2.27. The molecule has 0 N–H and O–H groups in total. The van der Waals surface area contributed by atoms with Gasteiger partial charge in [-0.05, 0) is 76.3 Å². The first-order valence-corrected chi connectivity index (χ1v) is 9.35. The van der Waals surface area contributed by atoms with Gasteiger partial charge in [0, 0.05) is 24.0 Å². The molecule has 4 nitrogen and oxygen atoms in total. The largest absolute Gasteiger partial charge is 0.481 e. The molecule has 1 fully saturated rings. The van der Waals surface area contributed by atoms with Gasteiger partial charge in [0.1, 0.15) is 5.82 Å². The van der Waals surface area contributed by atoms with Crippen molar-refractivity contribution in [1.29, 1.82) is 0 Å². The minimum Gasteiger partial charge on any atom is -0.481 e. The number of likely N-dealkylation sites (tertiary alicyclic amines) is 1. The van der Waals surface area contributed by atoms with Gasteiger partial charge in [0.2, 0.25) is 5.88 Å². The molecule has 0 bridgehead atoms. The molecule has 26 heavy (non-hydrogen) atoms. The van der Waals surface area contributed by atoms with Crippen LogP contribution in [0.2, 0.25) is 0 Å². The fourth-order valence-corrected chi connectivity index (χ4v) is 4.01. The summed E-state index contributed by atoms with van der Waals surface area (Å²) in [5, 5.41) is 0. The number of aryl methyl sites for hydroxylation is 2. The average Bonchev–Trinajstić information content (AvgIpc) is 2.61. The van der Waals surface area contributed by atoms with Crippen molar-refractivity contribution < 1.29 is 9.13 Å². The predicted octanol–water partition coefficient (Wildman–Crippen LogP) is 4.26. The lowest BCUT2D eigenvalue weighted by atomic mass is 9.90. The molecule has 5 heteroatoms. The first-order chi connectivity index (χ1) is 12.5. The Bertz CT molecular complexity index is 745. The highest BCUT2D eigenvalue weighted by atomic mass is 19.1. The highest BCUT2D eigenvalue weighted by Crippen LogP contribution is 2.29. The Balaban J connectivity index is 1.71. The number of methoxy groups -OCH3 is 1. The predicted molar refractivity (Wildman–Crippen MR) is 101 cm³/mol. The number of halogens is 1. The first kappa shape index (κ1) is 18.8. The number of rotatable bonds is 5. The second-order valence-electron chi connectivity index (χ2n) is 7.36. The van der Waals surface area contributed by atoms with E-state index in [9.17, 15) is 4.39 Å². The molecule has 0 amide bonds. The number of pyridine rings is 2. The van der Waals surface area contributed by atoms with E-state index in [0.29, 0.717) is 17.5 Å². The van der Waals surface area contributed by atoms with Crippen molar-refractivity contribution >= 4 is 0 Å². The van der Waals surface area contributed by atoms with Crippen molar-refractivity contribution in [3.8, 4) is 5.88 Å². The molecular formula is C21H28FN3O. The third-order valence-corrected chi connectivity index (χ3v) is 5.22. The van der Waals surface area contributed by atoms with Crippen LogP contribution < -0.4 is 4.74 Å². The van der Waals surface area contributed by atoms with E-state index in [4.69, 9.17) is 4.74 Å². The lowest BCUT2D eigenvalue weighted by molar-refractivity contribution is 0.126. The van der Waals surface area contributed by atoms with Crippen LogP contribution in [0.25, 0.3) is 0 Å². The summed E-state index contributed by atoms with van der Waals surface area (Å²) in [6.45, 7) is 8.06. The van der Waals surface area contributed by atoms with Gasteiger partial charge in [-0.2, -0.15) is 0 Å². The van der Waals surface area contributed by atoms with Crippen molar-refractivity contribution in [2.45, 2.75) is 46.1 Å². The Morgan fingerprint density at radius 2 is 1.96 bits per heavy atom. The Kier molecular flexibility index (Phi) is 5.87. The van der Waals surface area contributed by atoms with E-state index in [0.717, 1.165) is 37.3 Å². The van der Waals surface area contributed by atoms with Crippen LogP contribution >= 0.6 is 0 Å². The zero-order valence-electron chi connectivity index (χ0n) is 16.1. The molecule has 2 aromatic rings. The standard InChI is InChI=1S/C21H28FN3O/c1-14-10-18(11-15(2)23-14)12-17-6-5-9-25(13-17)16(3)21-19(22)7-8-20(24-21)26-4/h7-8,10-11,16-17H,5-6,9,12-13H2,1-4H3/t16-,17-/m1/s1. The molecule has 3 heterocycles. The summed E-state index contributed by atoms with van der Waals surface area (Å²) >= 11 is 0. The van der Waals surface area contributed by atoms with E-state index < -0.39 is 0 Å². The fourth-order valence-electron chi connectivity index (χ4n) is 4.01. The third kappa shape index (κ3) is 4.39. The smallest absolute Gasteiger partial charge is 0.213 e. The van der Waals surface area contributed by atoms with Crippen LogP contribution in [0.3, 0.4) is 0 Å². The van der Waals surface area contributed by atoms with Crippen LogP contribution in [-0.4, -0.2) is 35.1 Å². The molecule has 0 aromatic carbocycles. The minimum absolute atomic E-state index is 0.0613. The van der Waals surface area contributed by atoms with Gasteiger partial charge < -0.3 is 4.74 Å². The summed E-state index contributed by atoms with van der Waals surface area (Å²) < 4.78 is 19.5. The third-order valence-electron chi connectivity index (χ3n) is 5.22. The summed E-state index contributed by atoms with van der Waals surface area (Å²) in [6, 6.07) is 7.31. The summed E-state index contributed by atoms with van der Waals surface area (Å²) in [7, 11) is 1.56. The van der Waals surface area contributed by atoms with Crippen molar-refractivity contribution in [3.63, 3.8) is 0 Å². The molecular weight excluding hydrogens is 329 g/mol. The zero-order valence-corrected chi connectivity index (χ0v) is 16.1. The second kappa shape index (κ2) is 8.12. The molecule has 0 radical (unpaired) electrons. The van der Waals surface area contributed by atoms with Gasteiger partial charge in [-0.3, -0.25) is 9.88 Å². The fraction of sp³-hybridized carbons (Fsp3) is 0.524. The highest BCUT2D eigenvalue weighted by molar-refractivity contribution is 5.22. The van der Waals surface area contributed by atoms with Crippen molar-refractivity contribution in [2.75, 3.05) is 20.2 Å². The van der Waals surface area contributed by atoms with Gasteiger partial charge in [0.25, 0.3) is 0 Å². The van der Waals surface area contributed by atoms with Crippen molar-refractivity contribution in [3.05, 3.63) is 52.7 Å². The Morgan fingerprint density at radius 3 is 2.65 bits per heavy atom. The minimum atomic E-state index is -0.263. The molecule has 0 aliphatic carbocycles. The molecule has 2 aromatic heterocycles. The van der Waals surface area contributed by atoms with Crippen LogP contribution in [0.1, 0.15) is 48.5 Å². The number of hydrogen-bond acceptors (Lipinski definition) is 4. The molecule has 1 saturated heterocycles. The maximum atomic E-state index is 14.3. The van der Waals surface area contributed by atoms with Gasteiger partial charge in [-0.25, -0.2) is 9.37 Å². The van der Waals surface area contributed by atoms with Gasteiger partial charge in [-0.1, -0.05) is 0 Å². The number of nitrogens with zero attached hydrogens (tertiary/aromatic N) is 3. The van der Waals surface area contributed by atoms with Crippen LogP contribution in [-0.2, 0) is 6.42 Å². The number of hydrogen-bond donors (Lipinski definition) is 0. The van der Waals surface area contributed by atoms with E-state index in [-0.39, 0.29) is 11.9 Å². The molecule has 3 rings (SSSR count). The number of piperidine rings is 1. The molecule has 140 valence electrons. The molecule has 0 saturated carbocycles. The van der Waals surface area contributed by atoms with Gasteiger partial charge in [-0.15, -0.1) is 0 Å². The van der Waals surface area contributed by atoms with E-state index in [2.05, 4.69) is 27.0 Å². The molecule has 0 unspecified atom stereocenters.